The maximum atomic E-state index is 6.27. The average molecular weight is 300 g/mol. The van der Waals surface area contributed by atoms with Gasteiger partial charge in [-0.2, -0.15) is 5.10 Å². The summed E-state index contributed by atoms with van der Waals surface area (Å²) in [6.45, 7) is 6.89. The van der Waals surface area contributed by atoms with E-state index in [9.17, 15) is 0 Å². The summed E-state index contributed by atoms with van der Waals surface area (Å²) in [6.07, 6.45) is 2.66. The summed E-state index contributed by atoms with van der Waals surface area (Å²) in [5.74, 6) is 5.74. The number of nitrogens with two attached hydrogens (primary N) is 1. The molecular formula is C12H18ClN5S. The monoisotopic (exact) mass is 299 g/mol. The van der Waals surface area contributed by atoms with Gasteiger partial charge in [0.2, 0.25) is 0 Å². The molecule has 2 aromatic rings. The van der Waals surface area contributed by atoms with Gasteiger partial charge in [0.05, 0.1) is 32.5 Å². The summed E-state index contributed by atoms with van der Waals surface area (Å²) in [6, 6.07) is -0.173. The zero-order valence-corrected chi connectivity index (χ0v) is 12.8. The Morgan fingerprint density at radius 1 is 1.53 bits per heavy atom. The number of halogens is 1. The van der Waals surface area contributed by atoms with Crippen molar-refractivity contribution in [1.82, 2.24) is 20.2 Å². The molecular weight excluding hydrogens is 282 g/mol. The predicted octanol–water partition coefficient (Wildman–Crippen LogP) is 2.57. The highest BCUT2D eigenvalue weighted by Gasteiger charge is 2.24. The van der Waals surface area contributed by atoms with Crippen molar-refractivity contribution in [3.8, 4) is 0 Å². The molecule has 1 unspecified atom stereocenters. The molecule has 0 spiro atoms. The molecule has 104 valence electrons. The molecule has 2 heterocycles. The van der Waals surface area contributed by atoms with E-state index < -0.39 is 0 Å². The van der Waals surface area contributed by atoms with E-state index in [-0.39, 0.29) is 6.04 Å². The van der Waals surface area contributed by atoms with Gasteiger partial charge in [-0.25, -0.2) is 10.4 Å². The summed E-state index contributed by atoms with van der Waals surface area (Å²) >= 11 is 7.90. The zero-order valence-electron chi connectivity index (χ0n) is 11.3. The van der Waals surface area contributed by atoms with Crippen LogP contribution in [0.15, 0.2) is 6.20 Å². The van der Waals surface area contributed by atoms with Crippen molar-refractivity contribution < 1.29 is 0 Å². The molecule has 1 atom stereocenters. The molecule has 5 nitrogen and oxygen atoms in total. The number of aromatic nitrogens is 3. The molecule has 0 saturated carbocycles. The smallest absolute Gasteiger partial charge is 0.100 e. The van der Waals surface area contributed by atoms with Crippen LogP contribution in [0.4, 0.5) is 0 Å². The van der Waals surface area contributed by atoms with Crippen LogP contribution in [0, 0.1) is 13.8 Å². The first-order valence-electron chi connectivity index (χ1n) is 6.19. The molecule has 0 aromatic carbocycles. The second-order valence-corrected chi connectivity index (χ2v) is 6.03. The minimum atomic E-state index is -0.173. The highest BCUT2D eigenvalue weighted by Crippen LogP contribution is 2.33. The van der Waals surface area contributed by atoms with E-state index in [1.165, 1.54) is 0 Å². The van der Waals surface area contributed by atoms with Crippen molar-refractivity contribution in [2.24, 2.45) is 5.84 Å². The topological polar surface area (TPSA) is 68.8 Å². The van der Waals surface area contributed by atoms with E-state index in [1.54, 1.807) is 17.5 Å². The summed E-state index contributed by atoms with van der Waals surface area (Å²) < 4.78 is 1.90. The van der Waals surface area contributed by atoms with Gasteiger partial charge in [-0.15, -0.1) is 11.3 Å². The van der Waals surface area contributed by atoms with Gasteiger partial charge in [0.25, 0.3) is 0 Å². The fourth-order valence-electron chi connectivity index (χ4n) is 2.14. The van der Waals surface area contributed by atoms with Crippen molar-refractivity contribution in [1.29, 1.82) is 0 Å². The lowest BCUT2D eigenvalue weighted by atomic mass is 10.1. The largest absolute Gasteiger partial charge is 0.270 e. The Bertz CT molecular complexity index is 562. The summed E-state index contributed by atoms with van der Waals surface area (Å²) in [7, 11) is 0. The fraction of sp³-hybridized carbons (Fsp3) is 0.500. The fourth-order valence-corrected chi connectivity index (χ4v) is 3.38. The number of nitrogens with one attached hydrogen (secondary N) is 1. The van der Waals surface area contributed by atoms with Crippen LogP contribution in [-0.2, 0) is 6.54 Å². The van der Waals surface area contributed by atoms with Crippen LogP contribution in [0.1, 0.15) is 40.7 Å². The summed E-state index contributed by atoms with van der Waals surface area (Å²) in [5, 5.41) is 5.96. The second kappa shape index (κ2) is 6.00. The van der Waals surface area contributed by atoms with Crippen LogP contribution < -0.4 is 11.3 Å². The van der Waals surface area contributed by atoms with Crippen molar-refractivity contribution in [3.63, 3.8) is 0 Å². The van der Waals surface area contributed by atoms with Gasteiger partial charge in [-0.1, -0.05) is 18.5 Å². The van der Waals surface area contributed by atoms with Crippen LogP contribution in [0.25, 0.3) is 0 Å². The van der Waals surface area contributed by atoms with Gasteiger partial charge in [-0.3, -0.25) is 10.5 Å². The third kappa shape index (κ3) is 2.81. The van der Waals surface area contributed by atoms with E-state index in [1.807, 2.05) is 18.5 Å². The Morgan fingerprint density at radius 2 is 2.26 bits per heavy atom. The molecule has 2 aromatic heterocycles. The first-order chi connectivity index (χ1) is 9.08. The minimum absolute atomic E-state index is 0.173. The van der Waals surface area contributed by atoms with Crippen LogP contribution in [0.3, 0.4) is 0 Å². The first-order valence-corrected chi connectivity index (χ1v) is 7.39. The SMILES string of the molecule is CCCn1ncc(Cl)c1C(NN)c1sc(C)nc1C. The molecule has 0 amide bonds. The predicted molar refractivity (Wildman–Crippen MR) is 78.3 cm³/mol. The molecule has 0 aliphatic rings. The zero-order chi connectivity index (χ0) is 14.0. The maximum absolute atomic E-state index is 6.27. The van der Waals surface area contributed by atoms with E-state index in [4.69, 9.17) is 17.4 Å². The van der Waals surface area contributed by atoms with Crippen molar-refractivity contribution in [2.75, 3.05) is 0 Å². The number of aryl methyl sites for hydroxylation is 3. The van der Waals surface area contributed by atoms with Crippen molar-refractivity contribution >= 4 is 22.9 Å². The van der Waals surface area contributed by atoms with Crippen molar-refractivity contribution in [3.05, 3.63) is 32.5 Å². The maximum Gasteiger partial charge on any atom is 0.100 e. The molecule has 2 rings (SSSR count). The number of rotatable bonds is 5. The quantitative estimate of drug-likeness (QED) is 0.658. The number of hydrogen-bond acceptors (Lipinski definition) is 5. The molecule has 0 fully saturated rings. The highest BCUT2D eigenvalue weighted by atomic mass is 35.5. The van der Waals surface area contributed by atoms with Crippen LogP contribution >= 0.6 is 22.9 Å². The molecule has 3 N–H and O–H groups in total. The van der Waals surface area contributed by atoms with Gasteiger partial charge in [0.1, 0.15) is 6.04 Å². The van der Waals surface area contributed by atoms with E-state index >= 15 is 0 Å². The third-order valence-electron chi connectivity index (χ3n) is 2.91. The molecule has 7 heteroatoms. The van der Waals surface area contributed by atoms with Gasteiger partial charge < -0.3 is 0 Å². The molecule has 0 bridgehead atoms. The lowest BCUT2D eigenvalue weighted by Gasteiger charge is -2.17. The number of nitrogens with zero attached hydrogens (tertiary/aromatic N) is 3. The summed E-state index contributed by atoms with van der Waals surface area (Å²) in [5.41, 5.74) is 4.72. The van der Waals surface area contributed by atoms with Crippen LogP contribution in [-0.4, -0.2) is 14.8 Å². The molecule has 19 heavy (non-hydrogen) atoms. The normalized spacial score (nSPS) is 12.9. The van der Waals surface area contributed by atoms with Crippen LogP contribution in [0.2, 0.25) is 5.02 Å². The van der Waals surface area contributed by atoms with Crippen LogP contribution in [0.5, 0.6) is 0 Å². The minimum Gasteiger partial charge on any atom is -0.270 e. The Balaban J connectivity index is 2.47. The summed E-state index contributed by atoms with van der Waals surface area (Å²) in [4.78, 5) is 5.53. The standard InChI is InChI=1S/C12H18ClN5S/c1-4-5-18-11(9(13)6-15-18)10(17-14)12-7(2)16-8(3)19-12/h6,10,17H,4-5,14H2,1-3H3. The molecule has 0 aliphatic heterocycles. The van der Waals surface area contributed by atoms with E-state index in [0.717, 1.165) is 34.2 Å². The number of hydrazine groups is 1. The average Bonchev–Trinajstić information content (AvgIpc) is 2.87. The lowest BCUT2D eigenvalue weighted by molar-refractivity contribution is 0.523. The Morgan fingerprint density at radius 3 is 2.79 bits per heavy atom. The molecule has 0 saturated heterocycles. The lowest BCUT2D eigenvalue weighted by Crippen LogP contribution is -2.31. The molecule has 0 radical (unpaired) electrons. The van der Waals surface area contributed by atoms with Gasteiger partial charge in [-0.05, 0) is 20.3 Å². The highest BCUT2D eigenvalue weighted by molar-refractivity contribution is 7.11. The van der Waals surface area contributed by atoms with Gasteiger partial charge in [0.15, 0.2) is 0 Å². The number of thiazole rings is 1. The molecule has 0 aliphatic carbocycles. The Hall–Kier alpha value is -0.950. The first kappa shape index (κ1) is 14.5. The van der Waals surface area contributed by atoms with Gasteiger partial charge in [0, 0.05) is 6.54 Å². The Labute approximate surface area is 121 Å². The van der Waals surface area contributed by atoms with Gasteiger partial charge >= 0.3 is 0 Å². The van der Waals surface area contributed by atoms with Crippen molar-refractivity contribution in [2.45, 2.75) is 39.8 Å². The van der Waals surface area contributed by atoms with E-state index in [0.29, 0.717) is 5.02 Å². The number of hydrogen-bond donors (Lipinski definition) is 2. The second-order valence-electron chi connectivity index (χ2n) is 4.38. The Kier molecular flexibility index (Phi) is 4.57. The van der Waals surface area contributed by atoms with E-state index in [2.05, 4.69) is 22.4 Å². The third-order valence-corrected chi connectivity index (χ3v) is 4.34.